The van der Waals surface area contributed by atoms with Gasteiger partial charge in [0.15, 0.2) is 0 Å². The van der Waals surface area contributed by atoms with Crippen molar-refractivity contribution in [3.8, 4) is 0 Å². The maximum absolute atomic E-state index is 14.3. The van der Waals surface area contributed by atoms with E-state index in [9.17, 15) is 4.39 Å². The van der Waals surface area contributed by atoms with Crippen LogP contribution in [0.2, 0.25) is 0 Å². The van der Waals surface area contributed by atoms with E-state index in [0.717, 1.165) is 50.6 Å². The highest BCUT2D eigenvalue weighted by Crippen LogP contribution is 2.36. The highest BCUT2D eigenvalue weighted by molar-refractivity contribution is 5.24. The quantitative estimate of drug-likeness (QED) is 0.831. The zero-order valence-corrected chi connectivity index (χ0v) is 10.4. The minimum atomic E-state index is -0.932. The van der Waals surface area contributed by atoms with Gasteiger partial charge in [-0.05, 0) is 43.4 Å². The molecule has 0 atom stereocenters. The van der Waals surface area contributed by atoms with E-state index >= 15 is 0 Å². The zero-order chi connectivity index (χ0) is 12.1. The van der Waals surface area contributed by atoms with E-state index < -0.39 is 5.67 Å². The Morgan fingerprint density at radius 1 is 1.06 bits per heavy atom. The fourth-order valence-corrected chi connectivity index (χ4v) is 2.68. The van der Waals surface area contributed by atoms with Crippen molar-refractivity contribution in [1.29, 1.82) is 0 Å². The summed E-state index contributed by atoms with van der Waals surface area (Å²) >= 11 is 0. The number of alkyl halides is 1. The zero-order valence-electron chi connectivity index (χ0n) is 10.4. The monoisotopic (exact) mass is 235 g/mol. The van der Waals surface area contributed by atoms with E-state index in [-0.39, 0.29) is 0 Å². The third kappa shape index (κ3) is 3.53. The normalized spacial score (nSPS) is 18.5. The van der Waals surface area contributed by atoms with Crippen LogP contribution in [0, 0.1) is 0 Å². The summed E-state index contributed by atoms with van der Waals surface area (Å²) in [5, 5.41) is 0. The predicted molar refractivity (Wildman–Crippen MR) is 69.8 cm³/mol. The molecule has 1 nitrogen and oxygen atoms in total. The summed E-state index contributed by atoms with van der Waals surface area (Å²) in [6.07, 6.45) is 6.20. The molecule has 0 saturated heterocycles. The van der Waals surface area contributed by atoms with Gasteiger partial charge in [0.25, 0.3) is 0 Å². The molecule has 0 unspecified atom stereocenters. The molecule has 2 heteroatoms. The second-order valence-corrected chi connectivity index (χ2v) is 5.24. The second kappa shape index (κ2) is 5.63. The van der Waals surface area contributed by atoms with Crippen molar-refractivity contribution in [1.82, 2.24) is 0 Å². The van der Waals surface area contributed by atoms with E-state index in [1.54, 1.807) is 0 Å². The van der Waals surface area contributed by atoms with E-state index in [1.807, 2.05) is 0 Å². The van der Waals surface area contributed by atoms with Gasteiger partial charge in [-0.3, -0.25) is 0 Å². The lowest BCUT2D eigenvalue weighted by Crippen LogP contribution is -2.20. The molecule has 0 aliphatic heterocycles. The van der Waals surface area contributed by atoms with Crippen LogP contribution in [0.4, 0.5) is 4.39 Å². The van der Waals surface area contributed by atoms with Crippen molar-refractivity contribution >= 4 is 0 Å². The minimum absolute atomic E-state index is 0.587. The summed E-state index contributed by atoms with van der Waals surface area (Å²) in [4.78, 5) is 0. The van der Waals surface area contributed by atoms with Gasteiger partial charge in [0, 0.05) is 6.42 Å². The third-order valence-corrected chi connectivity index (χ3v) is 3.71. The standard InChI is InChI=1S/C15H22FN/c16-15(9-1-2-10-15)12-14-7-5-13(6-8-14)4-3-11-17/h5-8H,1-4,9-12,17H2. The van der Waals surface area contributed by atoms with Gasteiger partial charge in [0.05, 0.1) is 0 Å². The Hall–Kier alpha value is -0.890. The second-order valence-electron chi connectivity index (χ2n) is 5.24. The van der Waals surface area contributed by atoms with Crippen LogP contribution >= 0.6 is 0 Å². The molecule has 0 bridgehead atoms. The van der Waals surface area contributed by atoms with Crippen molar-refractivity contribution in [2.75, 3.05) is 6.54 Å². The van der Waals surface area contributed by atoms with Crippen LogP contribution < -0.4 is 5.73 Å². The van der Waals surface area contributed by atoms with Crippen LogP contribution in [-0.2, 0) is 12.8 Å². The summed E-state index contributed by atoms with van der Waals surface area (Å²) in [6.45, 7) is 0.731. The number of nitrogens with two attached hydrogens (primary N) is 1. The van der Waals surface area contributed by atoms with Gasteiger partial charge in [-0.15, -0.1) is 0 Å². The summed E-state index contributed by atoms with van der Waals surface area (Å²) in [5.74, 6) is 0. The van der Waals surface area contributed by atoms with Gasteiger partial charge in [-0.2, -0.15) is 0 Å². The van der Waals surface area contributed by atoms with Gasteiger partial charge < -0.3 is 5.73 Å². The van der Waals surface area contributed by atoms with Crippen LogP contribution in [0.25, 0.3) is 0 Å². The van der Waals surface area contributed by atoms with Crippen molar-refractivity contribution < 1.29 is 4.39 Å². The molecule has 0 amide bonds. The number of benzene rings is 1. The van der Waals surface area contributed by atoms with Crippen molar-refractivity contribution in [3.63, 3.8) is 0 Å². The Morgan fingerprint density at radius 2 is 1.65 bits per heavy atom. The fraction of sp³-hybridized carbons (Fsp3) is 0.600. The molecule has 2 rings (SSSR count). The number of hydrogen-bond donors (Lipinski definition) is 1. The molecular weight excluding hydrogens is 213 g/mol. The van der Waals surface area contributed by atoms with Crippen LogP contribution in [0.3, 0.4) is 0 Å². The molecule has 94 valence electrons. The first-order chi connectivity index (χ1) is 8.22. The first-order valence-electron chi connectivity index (χ1n) is 6.69. The molecule has 1 saturated carbocycles. The number of rotatable bonds is 5. The highest BCUT2D eigenvalue weighted by Gasteiger charge is 2.33. The lowest BCUT2D eigenvalue weighted by atomic mass is 9.94. The van der Waals surface area contributed by atoms with Gasteiger partial charge >= 0.3 is 0 Å². The van der Waals surface area contributed by atoms with Crippen molar-refractivity contribution in [3.05, 3.63) is 35.4 Å². The van der Waals surface area contributed by atoms with Gasteiger partial charge in [0.1, 0.15) is 5.67 Å². The summed E-state index contributed by atoms with van der Waals surface area (Å²) in [5.41, 5.74) is 6.99. The average Bonchev–Trinajstić information content (AvgIpc) is 2.75. The molecule has 1 aliphatic rings. The molecule has 0 spiro atoms. The Morgan fingerprint density at radius 3 is 2.24 bits per heavy atom. The van der Waals surface area contributed by atoms with Crippen LogP contribution in [0.1, 0.15) is 43.2 Å². The summed E-state index contributed by atoms with van der Waals surface area (Å²) in [6, 6.07) is 8.38. The van der Waals surface area contributed by atoms with Crippen LogP contribution in [0.5, 0.6) is 0 Å². The maximum Gasteiger partial charge on any atom is 0.115 e. The molecule has 0 aromatic heterocycles. The number of halogens is 1. The van der Waals surface area contributed by atoms with E-state index in [2.05, 4.69) is 24.3 Å². The Balaban J connectivity index is 1.93. The molecule has 2 N–H and O–H groups in total. The molecule has 1 aliphatic carbocycles. The SMILES string of the molecule is NCCCc1ccc(CC2(F)CCCC2)cc1. The van der Waals surface area contributed by atoms with E-state index in [0.29, 0.717) is 6.42 Å². The van der Waals surface area contributed by atoms with Gasteiger partial charge in [-0.25, -0.2) is 4.39 Å². The molecular formula is C15H22FN. The first-order valence-corrected chi connectivity index (χ1v) is 6.69. The van der Waals surface area contributed by atoms with Crippen molar-refractivity contribution in [2.24, 2.45) is 5.73 Å². The molecule has 0 radical (unpaired) electrons. The molecule has 1 aromatic rings. The van der Waals surface area contributed by atoms with Crippen molar-refractivity contribution in [2.45, 2.75) is 50.6 Å². The first kappa shape index (κ1) is 12.6. The Bertz CT molecular complexity index is 338. The number of hydrogen-bond acceptors (Lipinski definition) is 1. The van der Waals surface area contributed by atoms with Gasteiger partial charge in [0.2, 0.25) is 0 Å². The fourth-order valence-electron chi connectivity index (χ4n) is 2.68. The molecule has 17 heavy (non-hydrogen) atoms. The highest BCUT2D eigenvalue weighted by atomic mass is 19.1. The number of aryl methyl sites for hydroxylation is 1. The molecule has 1 fully saturated rings. The molecule has 1 aromatic carbocycles. The topological polar surface area (TPSA) is 26.0 Å². The van der Waals surface area contributed by atoms with E-state index in [1.165, 1.54) is 5.56 Å². The summed E-state index contributed by atoms with van der Waals surface area (Å²) < 4.78 is 14.3. The lowest BCUT2D eigenvalue weighted by Gasteiger charge is -2.18. The van der Waals surface area contributed by atoms with Gasteiger partial charge in [-0.1, -0.05) is 37.1 Å². The lowest BCUT2D eigenvalue weighted by molar-refractivity contribution is 0.173. The molecule has 0 heterocycles. The predicted octanol–water partition coefficient (Wildman–Crippen LogP) is 3.40. The largest absolute Gasteiger partial charge is 0.330 e. The Kier molecular flexibility index (Phi) is 4.16. The third-order valence-electron chi connectivity index (χ3n) is 3.71. The van der Waals surface area contributed by atoms with E-state index in [4.69, 9.17) is 5.73 Å². The van der Waals surface area contributed by atoms with Crippen LogP contribution in [-0.4, -0.2) is 12.2 Å². The average molecular weight is 235 g/mol. The maximum atomic E-state index is 14.3. The summed E-state index contributed by atoms with van der Waals surface area (Å²) in [7, 11) is 0. The minimum Gasteiger partial charge on any atom is -0.330 e. The van der Waals surface area contributed by atoms with Crippen LogP contribution in [0.15, 0.2) is 24.3 Å². The Labute approximate surface area is 103 Å². The smallest absolute Gasteiger partial charge is 0.115 e.